The van der Waals surface area contributed by atoms with Gasteiger partial charge < -0.3 is 10.1 Å². The van der Waals surface area contributed by atoms with E-state index in [2.05, 4.69) is 15.5 Å². The third kappa shape index (κ3) is 3.42. The summed E-state index contributed by atoms with van der Waals surface area (Å²) in [6, 6.07) is 10.9. The van der Waals surface area contributed by atoms with Crippen LogP contribution < -0.4 is 10.1 Å². The van der Waals surface area contributed by atoms with Gasteiger partial charge in [0.15, 0.2) is 5.82 Å². The molecule has 19 heavy (non-hydrogen) atoms. The van der Waals surface area contributed by atoms with Gasteiger partial charge in [-0.1, -0.05) is 0 Å². The number of halogens is 1. The number of nitrogens with one attached hydrogen (secondary N) is 1. The van der Waals surface area contributed by atoms with Crippen molar-refractivity contribution in [3.63, 3.8) is 0 Å². The number of amides is 1. The summed E-state index contributed by atoms with van der Waals surface area (Å²) in [4.78, 5) is 11.1. The maximum Gasteiger partial charge on any atom is 0.240 e. The van der Waals surface area contributed by atoms with Crippen LogP contribution in [0.2, 0.25) is 0 Å². The highest BCUT2D eigenvalue weighted by atomic mass is 35.5. The highest BCUT2D eigenvalue weighted by molar-refractivity contribution is 6.28. The van der Waals surface area contributed by atoms with Crippen molar-refractivity contribution in [2.45, 2.75) is 0 Å². The molecule has 6 heteroatoms. The molecule has 0 aliphatic rings. The van der Waals surface area contributed by atoms with E-state index >= 15 is 0 Å². The SMILES string of the molecule is COc1ccc(-c2ccc(NC(=O)CCl)nn2)cc1. The minimum absolute atomic E-state index is 0.109. The normalized spacial score (nSPS) is 10.0. The molecule has 0 fully saturated rings. The quantitative estimate of drug-likeness (QED) is 0.871. The van der Waals surface area contributed by atoms with Crippen molar-refractivity contribution in [2.75, 3.05) is 18.3 Å². The number of ether oxygens (including phenoxy) is 1. The molecule has 0 radical (unpaired) electrons. The van der Waals surface area contributed by atoms with Gasteiger partial charge in [-0.05, 0) is 36.4 Å². The van der Waals surface area contributed by atoms with Crippen molar-refractivity contribution < 1.29 is 9.53 Å². The number of carbonyl (C=O) groups excluding carboxylic acids is 1. The van der Waals surface area contributed by atoms with Crippen LogP contribution in [-0.4, -0.2) is 29.1 Å². The minimum Gasteiger partial charge on any atom is -0.497 e. The van der Waals surface area contributed by atoms with E-state index in [0.717, 1.165) is 11.3 Å². The lowest BCUT2D eigenvalue weighted by molar-refractivity contribution is -0.113. The predicted molar refractivity (Wildman–Crippen MR) is 73.4 cm³/mol. The molecular formula is C13H12ClN3O2. The molecular weight excluding hydrogens is 266 g/mol. The number of hydrogen-bond donors (Lipinski definition) is 1. The molecule has 2 aromatic rings. The third-order valence-corrected chi connectivity index (χ3v) is 2.68. The Balaban J connectivity index is 2.14. The number of nitrogens with zero attached hydrogens (tertiary/aromatic N) is 2. The van der Waals surface area contributed by atoms with Gasteiger partial charge in [-0.15, -0.1) is 21.8 Å². The predicted octanol–water partition coefficient (Wildman–Crippen LogP) is 2.33. The Kier molecular flexibility index (Phi) is 4.30. The van der Waals surface area contributed by atoms with E-state index in [1.165, 1.54) is 0 Å². The maximum atomic E-state index is 11.1. The van der Waals surface area contributed by atoms with E-state index in [4.69, 9.17) is 16.3 Å². The Morgan fingerprint density at radius 1 is 1.21 bits per heavy atom. The number of carbonyl (C=O) groups is 1. The van der Waals surface area contributed by atoms with Crippen molar-refractivity contribution in [1.29, 1.82) is 0 Å². The number of rotatable bonds is 4. The summed E-state index contributed by atoms with van der Waals surface area (Å²) in [7, 11) is 1.61. The highest BCUT2D eigenvalue weighted by Crippen LogP contribution is 2.20. The standard InChI is InChI=1S/C13H12ClN3O2/c1-19-10-4-2-9(3-5-10)11-6-7-12(17-16-11)15-13(18)8-14/h2-7H,8H2,1H3,(H,15,17,18). The number of alkyl halides is 1. The molecule has 0 saturated heterocycles. The van der Waals surface area contributed by atoms with Crippen LogP contribution in [0.4, 0.5) is 5.82 Å². The first-order valence-corrected chi connectivity index (χ1v) is 6.10. The molecule has 0 atom stereocenters. The first-order valence-electron chi connectivity index (χ1n) is 5.57. The largest absolute Gasteiger partial charge is 0.497 e. The molecule has 98 valence electrons. The molecule has 1 N–H and O–H groups in total. The van der Waals surface area contributed by atoms with E-state index in [9.17, 15) is 4.79 Å². The number of aromatic nitrogens is 2. The zero-order valence-corrected chi connectivity index (χ0v) is 11.0. The van der Waals surface area contributed by atoms with Crippen molar-refractivity contribution in [1.82, 2.24) is 10.2 Å². The van der Waals surface area contributed by atoms with E-state index in [1.807, 2.05) is 24.3 Å². The molecule has 1 amide bonds. The second kappa shape index (κ2) is 6.15. The van der Waals surface area contributed by atoms with Crippen molar-refractivity contribution in [3.05, 3.63) is 36.4 Å². The monoisotopic (exact) mass is 277 g/mol. The average molecular weight is 278 g/mol. The lowest BCUT2D eigenvalue weighted by atomic mass is 10.1. The first-order chi connectivity index (χ1) is 9.22. The summed E-state index contributed by atoms with van der Waals surface area (Å²) in [5.41, 5.74) is 1.63. The van der Waals surface area contributed by atoms with Crippen LogP contribution in [0.3, 0.4) is 0 Å². The summed E-state index contributed by atoms with van der Waals surface area (Å²) >= 11 is 5.39. The molecule has 5 nitrogen and oxygen atoms in total. The maximum absolute atomic E-state index is 11.1. The smallest absolute Gasteiger partial charge is 0.240 e. The summed E-state index contributed by atoms with van der Waals surface area (Å²) in [6.07, 6.45) is 0. The fraction of sp³-hybridized carbons (Fsp3) is 0.154. The second-order valence-corrected chi connectivity index (χ2v) is 3.98. The van der Waals surface area contributed by atoms with Gasteiger partial charge >= 0.3 is 0 Å². The summed E-state index contributed by atoms with van der Waals surface area (Å²) in [5, 5.41) is 10.5. The van der Waals surface area contributed by atoms with Gasteiger partial charge in [0.1, 0.15) is 11.6 Å². The molecule has 0 spiro atoms. The summed E-state index contributed by atoms with van der Waals surface area (Å²) in [6.45, 7) is 0. The van der Waals surface area contributed by atoms with Crippen LogP contribution in [0, 0.1) is 0 Å². The number of hydrogen-bond acceptors (Lipinski definition) is 4. The topological polar surface area (TPSA) is 64.1 Å². The van der Waals surface area contributed by atoms with Gasteiger partial charge in [0.05, 0.1) is 12.8 Å². The van der Waals surface area contributed by atoms with E-state index in [0.29, 0.717) is 11.5 Å². The minimum atomic E-state index is -0.312. The third-order valence-electron chi connectivity index (χ3n) is 2.44. The molecule has 0 saturated carbocycles. The van der Waals surface area contributed by atoms with E-state index in [-0.39, 0.29) is 11.8 Å². The molecule has 1 aromatic heterocycles. The zero-order chi connectivity index (χ0) is 13.7. The van der Waals surface area contributed by atoms with E-state index < -0.39 is 0 Å². The van der Waals surface area contributed by atoms with Crippen LogP contribution in [-0.2, 0) is 4.79 Å². The van der Waals surface area contributed by atoms with Gasteiger partial charge in [-0.2, -0.15) is 0 Å². The van der Waals surface area contributed by atoms with Crippen LogP contribution in [0.15, 0.2) is 36.4 Å². The van der Waals surface area contributed by atoms with Crippen LogP contribution in [0.25, 0.3) is 11.3 Å². The van der Waals surface area contributed by atoms with Crippen LogP contribution in [0.5, 0.6) is 5.75 Å². The fourth-order valence-corrected chi connectivity index (χ4v) is 1.56. The van der Waals surface area contributed by atoms with Crippen molar-refractivity contribution >= 4 is 23.3 Å². The van der Waals surface area contributed by atoms with Gasteiger partial charge in [-0.25, -0.2) is 0 Å². The Morgan fingerprint density at radius 3 is 2.47 bits per heavy atom. The molecule has 0 bridgehead atoms. The second-order valence-electron chi connectivity index (χ2n) is 3.71. The molecule has 1 heterocycles. The lowest BCUT2D eigenvalue weighted by Gasteiger charge is -2.04. The van der Waals surface area contributed by atoms with Crippen molar-refractivity contribution in [2.24, 2.45) is 0 Å². The lowest BCUT2D eigenvalue weighted by Crippen LogP contribution is -2.13. The molecule has 0 unspecified atom stereocenters. The zero-order valence-electron chi connectivity index (χ0n) is 10.3. The van der Waals surface area contributed by atoms with Gasteiger partial charge in [-0.3, -0.25) is 4.79 Å². The van der Waals surface area contributed by atoms with Crippen LogP contribution in [0.1, 0.15) is 0 Å². The van der Waals surface area contributed by atoms with Crippen LogP contribution >= 0.6 is 11.6 Å². The number of anilines is 1. The van der Waals surface area contributed by atoms with Crippen molar-refractivity contribution in [3.8, 4) is 17.0 Å². The molecule has 2 rings (SSSR count). The Labute approximate surface area is 115 Å². The van der Waals surface area contributed by atoms with Gasteiger partial charge in [0, 0.05) is 5.56 Å². The first kappa shape index (κ1) is 13.3. The fourth-order valence-electron chi connectivity index (χ4n) is 1.49. The van der Waals surface area contributed by atoms with Gasteiger partial charge in [0.25, 0.3) is 0 Å². The van der Waals surface area contributed by atoms with Gasteiger partial charge in [0.2, 0.25) is 5.91 Å². The Hall–Kier alpha value is -2.14. The molecule has 0 aliphatic heterocycles. The molecule has 0 aliphatic carbocycles. The summed E-state index contributed by atoms with van der Waals surface area (Å²) in [5.74, 6) is 0.737. The highest BCUT2D eigenvalue weighted by Gasteiger charge is 2.04. The Morgan fingerprint density at radius 2 is 1.95 bits per heavy atom. The average Bonchev–Trinajstić information content (AvgIpc) is 2.48. The Bertz CT molecular complexity index is 555. The summed E-state index contributed by atoms with van der Waals surface area (Å²) < 4.78 is 5.08. The number of benzene rings is 1. The molecule has 1 aromatic carbocycles. The number of methoxy groups -OCH3 is 1. The van der Waals surface area contributed by atoms with E-state index in [1.54, 1.807) is 19.2 Å².